The standard InChI is InChI=1S/C15H10F3N3O3S2/c1-21(13(23)11(22)9-3-2-6-25-9)7-8-4-5-10(26-8)12-19-14(24-20-12)15(16,17)18/h2-6H,7H2,1H3. The van der Waals surface area contributed by atoms with Crippen molar-refractivity contribution in [3.8, 4) is 10.7 Å². The van der Waals surface area contributed by atoms with Gasteiger partial charge < -0.3 is 9.42 Å². The summed E-state index contributed by atoms with van der Waals surface area (Å²) >= 11 is 2.29. The Kier molecular flexibility index (Phi) is 4.92. The van der Waals surface area contributed by atoms with E-state index in [-0.39, 0.29) is 12.4 Å². The van der Waals surface area contributed by atoms with Crippen molar-refractivity contribution in [2.24, 2.45) is 0 Å². The van der Waals surface area contributed by atoms with Gasteiger partial charge in [-0.15, -0.1) is 22.7 Å². The van der Waals surface area contributed by atoms with Gasteiger partial charge >= 0.3 is 12.1 Å². The molecule has 0 atom stereocenters. The zero-order valence-corrected chi connectivity index (χ0v) is 14.7. The largest absolute Gasteiger partial charge is 0.471 e. The average molecular weight is 401 g/mol. The first-order valence-corrected chi connectivity index (χ1v) is 8.78. The number of carbonyl (C=O) groups is 2. The molecule has 11 heteroatoms. The minimum absolute atomic E-state index is 0.130. The molecule has 0 radical (unpaired) electrons. The lowest BCUT2D eigenvalue weighted by atomic mass is 10.3. The summed E-state index contributed by atoms with van der Waals surface area (Å²) < 4.78 is 41.7. The third-order valence-electron chi connectivity index (χ3n) is 3.23. The molecule has 0 aliphatic heterocycles. The van der Waals surface area contributed by atoms with Crippen molar-refractivity contribution < 1.29 is 27.3 Å². The fourth-order valence-electron chi connectivity index (χ4n) is 2.01. The van der Waals surface area contributed by atoms with Crippen LogP contribution >= 0.6 is 22.7 Å². The molecule has 3 aromatic rings. The van der Waals surface area contributed by atoms with Crippen LogP contribution in [0.25, 0.3) is 10.7 Å². The van der Waals surface area contributed by atoms with Crippen LogP contribution in [0.5, 0.6) is 0 Å². The van der Waals surface area contributed by atoms with Crippen LogP contribution in [0.4, 0.5) is 13.2 Å². The number of likely N-dealkylation sites (N-methyl/N-ethyl adjacent to an activating group) is 1. The first-order valence-electron chi connectivity index (χ1n) is 7.09. The highest BCUT2D eigenvalue weighted by Gasteiger charge is 2.38. The van der Waals surface area contributed by atoms with Crippen LogP contribution in [-0.2, 0) is 17.5 Å². The van der Waals surface area contributed by atoms with E-state index < -0.39 is 23.8 Å². The zero-order chi connectivity index (χ0) is 18.9. The molecule has 3 heterocycles. The van der Waals surface area contributed by atoms with E-state index in [9.17, 15) is 22.8 Å². The van der Waals surface area contributed by atoms with Gasteiger partial charge in [0.2, 0.25) is 5.82 Å². The van der Waals surface area contributed by atoms with Crippen LogP contribution in [0.3, 0.4) is 0 Å². The number of hydrogen-bond donors (Lipinski definition) is 0. The third kappa shape index (κ3) is 3.83. The molecule has 0 aliphatic carbocycles. The van der Waals surface area contributed by atoms with Crippen LogP contribution in [0, 0.1) is 0 Å². The number of amides is 1. The fraction of sp³-hybridized carbons (Fsp3) is 0.200. The molecule has 26 heavy (non-hydrogen) atoms. The Labute approximate surface area is 152 Å². The normalized spacial score (nSPS) is 11.5. The Hall–Kier alpha value is -2.53. The van der Waals surface area contributed by atoms with Gasteiger partial charge in [0.15, 0.2) is 0 Å². The number of Topliss-reactive ketones (excluding diaryl/α,β-unsaturated/α-hetero) is 1. The molecule has 0 bridgehead atoms. The van der Waals surface area contributed by atoms with Gasteiger partial charge in [-0.3, -0.25) is 9.59 Å². The SMILES string of the molecule is CN(Cc1ccc(-c2noc(C(F)(F)F)n2)s1)C(=O)C(=O)c1cccs1. The summed E-state index contributed by atoms with van der Waals surface area (Å²) in [6, 6.07) is 6.40. The molecule has 3 aromatic heterocycles. The molecule has 0 saturated carbocycles. The predicted molar refractivity (Wildman–Crippen MR) is 87.7 cm³/mol. The van der Waals surface area contributed by atoms with Gasteiger partial charge in [-0.2, -0.15) is 18.2 Å². The summed E-state index contributed by atoms with van der Waals surface area (Å²) in [4.78, 5) is 30.1. The highest BCUT2D eigenvalue weighted by molar-refractivity contribution is 7.15. The first kappa shape index (κ1) is 18.3. The van der Waals surface area contributed by atoms with Crippen LogP contribution in [-0.4, -0.2) is 33.8 Å². The van der Waals surface area contributed by atoms with E-state index in [0.29, 0.717) is 14.6 Å². The van der Waals surface area contributed by atoms with Gasteiger partial charge in [0.25, 0.3) is 11.7 Å². The lowest BCUT2D eigenvalue weighted by Crippen LogP contribution is -2.32. The number of aromatic nitrogens is 2. The van der Waals surface area contributed by atoms with Crippen molar-refractivity contribution in [1.82, 2.24) is 15.0 Å². The van der Waals surface area contributed by atoms with Crippen molar-refractivity contribution >= 4 is 34.4 Å². The van der Waals surface area contributed by atoms with Crippen molar-refractivity contribution in [3.63, 3.8) is 0 Å². The number of ketones is 1. The van der Waals surface area contributed by atoms with Crippen LogP contribution < -0.4 is 0 Å². The minimum atomic E-state index is -4.71. The first-order chi connectivity index (χ1) is 12.3. The molecule has 0 unspecified atom stereocenters. The second-order valence-electron chi connectivity index (χ2n) is 5.15. The Morgan fingerprint density at radius 1 is 1.27 bits per heavy atom. The van der Waals surface area contributed by atoms with Crippen molar-refractivity contribution in [3.05, 3.63) is 45.3 Å². The van der Waals surface area contributed by atoms with Crippen LogP contribution in [0.2, 0.25) is 0 Å². The summed E-state index contributed by atoms with van der Waals surface area (Å²) in [5.74, 6) is -2.87. The second kappa shape index (κ2) is 7.00. The second-order valence-corrected chi connectivity index (χ2v) is 7.27. The molecule has 0 fully saturated rings. The van der Waals surface area contributed by atoms with Gasteiger partial charge in [0.1, 0.15) is 0 Å². The summed E-state index contributed by atoms with van der Waals surface area (Å²) in [6.45, 7) is 0.130. The lowest BCUT2D eigenvalue weighted by Gasteiger charge is -2.14. The monoisotopic (exact) mass is 401 g/mol. The third-order valence-corrected chi connectivity index (χ3v) is 5.16. The Morgan fingerprint density at radius 2 is 2.04 bits per heavy atom. The Bertz CT molecular complexity index is 931. The minimum Gasteiger partial charge on any atom is -0.334 e. The van der Waals surface area contributed by atoms with E-state index in [4.69, 9.17) is 0 Å². The van der Waals surface area contributed by atoms with E-state index in [2.05, 4.69) is 14.7 Å². The number of alkyl halides is 3. The summed E-state index contributed by atoms with van der Waals surface area (Å²) in [6.07, 6.45) is -4.71. The lowest BCUT2D eigenvalue weighted by molar-refractivity contribution is -0.159. The molecule has 0 spiro atoms. The molecular weight excluding hydrogens is 391 g/mol. The van der Waals surface area contributed by atoms with Gasteiger partial charge in [0.05, 0.1) is 16.3 Å². The Balaban J connectivity index is 1.69. The number of rotatable bonds is 5. The van der Waals surface area contributed by atoms with Gasteiger partial charge in [0, 0.05) is 11.9 Å². The summed E-state index contributed by atoms with van der Waals surface area (Å²) in [7, 11) is 1.48. The van der Waals surface area contributed by atoms with Crippen molar-refractivity contribution in [1.29, 1.82) is 0 Å². The van der Waals surface area contributed by atoms with Gasteiger partial charge in [-0.05, 0) is 23.6 Å². The van der Waals surface area contributed by atoms with E-state index >= 15 is 0 Å². The molecule has 0 saturated heterocycles. The molecule has 0 N–H and O–H groups in total. The highest BCUT2D eigenvalue weighted by atomic mass is 32.1. The fourth-order valence-corrected chi connectivity index (χ4v) is 3.66. The maximum atomic E-state index is 12.5. The van der Waals surface area contributed by atoms with Crippen molar-refractivity contribution in [2.75, 3.05) is 7.05 Å². The van der Waals surface area contributed by atoms with E-state index in [1.807, 2.05) is 0 Å². The van der Waals surface area contributed by atoms with Gasteiger partial charge in [-0.25, -0.2) is 0 Å². The number of halogens is 3. The molecule has 0 aliphatic rings. The molecule has 1 amide bonds. The van der Waals surface area contributed by atoms with E-state index in [0.717, 1.165) is 11.3 Å². The number of nitrogens with zero attached hydrogens (tertiary/aromatic N) is 3. The molecule has 6 nitrogen and oxygen atoms in total. The van der Waals surface area contributed by atoms with E-state index in [1.165, 1.54) is 29.4 Å². The molecular formula is C15H10F3N3O3S2. The zero-order valence-electron chi connectivity index (χ0n) is 13.1. The molecule has 3 rings (SSSR count). The smallest absolute Gasteiger partial charge is 0.334 e. The van der Waals surface area contributed by atoms with E-state index in [1.54, 1.807) is 23.6 Å². The average Bonchev–Trinajstić information content (AvgIpc) is 3.31. The maximum Gasteiger partial charge on any atom is 0.471 e. The van der Waals surface area contributed by atoms with Crippen LogP contribution in [0.15, 0.2) is 34.2 Å². The maximum absolute atomic E-state index is 12.5. The van der Waals surface area contributed by atoms with Crippen molar-refractivity contribution in [2.45, 2.75) is 12.7 Å². The highest BCUT2D eigenvalue weighted by Crippen LogP contribution is 2.32. The summed E-state index contributed by atoms with van der Waals surface area (Å²) in [5, 5.41) is 5.01. The molecule has 136 valence electrons. The van der Waals surface area contributed by atoms with Gasteiger partial charge in [-0.1, -0.05) is 11.2 Å². The number of hydrogen-bond acceptors (Lipinski definition) is 7. The summed E-state index contributed by atoms with van der Waals surface area (Å²) in [5.41, 5.74) is 0. The van der Waals surface area contributed by atoms with Crippen LogP contribution in [0.1, 0.15) is 20.4 Å². The Morgan fingerprint density at radius 3 is 2.65 bits per heavy atom. The quantitative estimate of drug-likeness (QED) is 0.481. The molecule has 0 aromatic carbocycles. The number of carbonyl (C=O) groups excluding carboxylic acids is 2. The topological polar surface area (TPSA) is 76.3 Å². The number of thiophene rings is 2. The predicted octanol–water partition coefficient (Wildman–Crippen LogP) is 3.72.